The highest BCUT2D eigenvalue weighted by atomic mass is 16.5. The molecule has 0 radical (unpaired) electrons. The predicted molar refractivity (Wildman–Crippen MR) is 81.8 cm³/mol. The molecule has 2 rings (SSSR count). The highest BCUT2D eigenvalue weighted by molar-refractivity contribution is 4.97. The summed E-state index contributed by atoms with van der Waals surface area (Å²) in [6, 6.07) is 0.584. The van der Waals surface area contributed by atoms with Crippen LogP contribution in [0.2, 0.25) is 0 Å². The van der Waals surface area contributed by atoms with Gasteiger partial charge < -0.3 is 15.2 Å². The van der Waals surface area contributed by atoms with Crippen LogP contribution in [-0.2, 0) is 4.74 Å². The Morgan fingerprint density at radius 3 is 2.60 bits per heavy atom. The van der Waals surface area contributed by atoms with Crippen LogP contribution in [0.25, 0.3) is 0 Å². The summed E-state index contributed by atoms with van der Waals surface area (Å²) >= 11 is 0. The Hall–Kier alpha value is -0.160. The van der Waals surface area contributed by atoms with Gasteiger partial charge in [-0.15, -0.1) is 0 Å². The third-order valence-corrected chi connectivity index (χ3v) is 5.03. The van der Waals surface area contributed by atoms with E-state index in [4.69, 9.17) is 4.74 Å². The summed E-state index contributed by atoms with van der Waals surface area (Å²) in [5.41, 5.74) is 0.229. The normalized spacial score (nSPS) is 37.2. The van der Waals surface area contributed by atoms with Gasteiger partial charge in [-0.25, -0.2) is 0 Å². The SMILES string of the molecule is CNC1C(CN2CC(CO)OC(C)(C)C2)CCC1(C)C. The molecule has 0 aromatic heterocycles. The summed E-state index contributed by atoms with van der Waals surface area (Å²) in [6.45, 7) is 12.0. The molecule has 2 N–H and O–H groups in total. The van der Waals surface area contributed by atoms with Crippen LogP contribution in [0.4, 0.5) is 0 Å². The fourth-order valence-corrected chi connectivity index (χ4v) is 4.32. The van der Waals surface area contributed by atoms with E-state index >= 15 is 0 Å². The lowest BCUT2D eigenvalue weighted by molar-refractivity contribution is -0.151. The number of hydrogen-bond donors (Lipinski definition) is 2. The molecular weight excluding hydrogens is 252 g/mol. The smallest absolute Gasteiger partial charge is 0.0940 e. The van der Waals surface area contributed by atoms with Crippen molar-refractivity contribution >= 4 is 0 Å². The van der Waals surface area contributed by atoms with Gasteiger partial charge in [0, 0.05) is 25.7 Å². The molecule has 3 atom stereocenters. The Morgan fingerprint density at radius 1 is 1.30 bits per heavy atom. The molecule has 1 aliphatic heterocycles. The van der Waals surface area contributed by atoms with Gasteiger partial charge in [-0.1, -0.05) is 13.8 Å². The maximum atomic E-state index is 9.42. The van der Waals surface area contributed by atoms with E-state index in [-0.39, 0.29) is 18.3 Å². The van der Waals surface area contributed by atoms with Crippen molar-refractivity contribution in [2.75, 3.05) is 33.3 Å². The van der Waals surface area contributed by atoms with Gasteiger partial charge in [-0.2, -0.15) is 0 Å². The maximum absolute atomic E-state index is 9.42. The highest BCUT2D eigenvalue weighted by Gasteiger charge is 2.43. The van der Waals surface area contributed by atoms with Crippen LogP contribution in [0.3, 0.4) is 0 Å². The minimum Gasteiger partial charge on any atom is -0.394 e. The van der Waals surface area contributed by atoms with Crippen LogP contribution in [0.1, 0.15) is 40.5 Å². The number of nitrogens with zero attached hydrogens (tertiary/aromatic N) is 1. The average Bonchev–Trinajstić information content (AvgIpc) is 2.61. The molecule has 1 saturated carbocycles. The summed E-state index contributed by atoms with van der Waals surface area (Å²) < 4.78 is 5.90. The van der Waals surface area contributed by atoms with Crippen LogP contribution in [0.15, 0.2) is 0 Å². The van der Waals surface area contributed by atoms with E-state index < -0.39 is 0 Å². The molecular formula is C16H32N2O2. The van der Waals surface area contributed by atoms with E-state index in [1.165, 1.54) is 12.8 Å². The fraction of sp³-hybridized carbons (Fsp3) is 1.00. The predicted octanol–water partition coefficient (Wildman–Crippen LogP) is 1.48. The van der Waals surface area contributed by atoms with Gasteiger partial charge in [0.1, 0.15) is 0 Å². The Kier molecular flexibility index (Phi) is 4.80. The lowest BCUT2D eigenvalue weighted by Crippen LogP contribution is -2.56. The molecule has 118 valence electrons. The Labute approximate surface area is 123 Å². The van der Waals surface area contributed by atoms with Crippen molar-refractivity contribution in [3.05, 3.63) is 0 Å². The molecule has 4 heteroatoms. The zero-order valence-electron chi connectivity index (χ0n) is 13.8. The Bertz CT molecular complexity index is 330. The van der Waals surface area contributed by atoms with Crippen molar-refractivity contribution in [3.8, 4) is 0 Å². The van der Waals surface area contributed by atoms with Crippen LogP contribution >= 0.6 is 0 Å². The molecule has 0 spiro atoms. The van der Waals surface area contributed by atoms with E-state index in [1.54, 1.807) is 0 Å². The first kappa shape index (κ1) is 16.2. The molecule has 1 heterocycles. The molecule has 0 amide bonds. The average molecular weight is 284 g/mol. The van der Waals surface area contributed by atoms with Crippen LogP contribution in [-0.4, -0.2) is 61.0 Å². The number of rotatable bonds is 4. The van der Waals surface area contributed by atoms with Gasteiger partial charge in [-0.3, -0.25) is 4.90 Å². The lowest BCUT2D eigenvalue weighted by atomic mass is 9.84. The third kappa shape index (κ3) is 3.53. The van der Waals surface area contributed by atoms with Crippen molar-refractivity contribution in [2.24, 2.45) is 11.3 Å². The molecule has 0 aromatic rings. The summed E-state index contributed by atoms with van der Waals surface area (Å²) in [4.78, 5) is 2.49. The van der Waals surface area contributed by atoms with E-state index in [2.05, 4.69) is 45.0 Å². The topological polar surface area (TPSA) is 44.7 Å². The third-order valence-electron chi connectivity index (χ3n) is 5.03. The van der Waals surface area contributed by atoms with Gasteiger partial charge in [0.05, 0.1) is 18.3 Å². The van der Waals surface area contributed by atoms with Gasteiger partial charge in [0.2, 0.25) is 0 Å². The second kappa shape index (κ2) is 5.91. The molecule has 1 saturated heterocycles. The molecule has 3 unspecified atom stereocenters. The monoisotopic (exact) mass is 284 g/mol. The molecule has 0 aromatic carbocycles. The minimum absolute atomic E-state index is 0.0406. The molecule has 1 aliphatic carbocycles. The number of aliphatic hydroxyl groups is 1. The fourth-order valence-electron chi connectivity index (χ4n) is 4.32. The first-order chi connectivity index (χ1) is 9.27. The van der Waals surface area contributed by atoms with Crippen LogP contribution in [0.5, 0.6) is 0 Å². The molecule has 0 bridgehead atoms. The second-order valence-corrected chi connectivity index (χ2v) is 7.93. The van der Waals surface area contributed by atoms with Crippen molar-refractivity contribution in [1.29, 1.82) is 0 Å². The molecule has 2 aliphatic rings. The first-order valence-electron chi connectivity index (χ1n) is 7.96. The zero-order valence-corrected chi connectivity index (χ0v) is 13.8. The largest absolute Gasteiger partial charge is 0.394 e. The van der Waals surface area contributed by atoms with E-state index in [0.717, 1.165) is 19.6 Å². The molecule has 20 heavy (non-hydrogen) atoms. The van der Waals surface area contributed by atoms with Crippen molar-refractivity contribution in [2.45, 2.75) is 58.3 Å². The quantitative estimate of drug-likeness (QED) is 0.821. The summed E-state index contributed by atoms with van der Waals surface area (Å²) in [5, 5.41) is 13.0. The van der Waals surface area contributed by atoms with Crippen LogP contribution < -0.4 is 5.32 Å². The van der Waals surface area contributed by atoms with Crippen molar-refractivity contribution < 1.29 is 9.84 Å². The van der Waals surface area contributed by atoms with Gasteiger partial charge >= 0.3 is 0 Å². The number of nitrogens with one attached hydrogen (secondary N) is 1. The standard InChI is InChI=1S/C16H32N2O2/c1-15(2)7-6-12(14(15)17-5)8-18-9-13(10-19)20-16(3,4)11-18/h12-14,17,19H,6-11H2,1-5H3. The Balaban J connectivity index is 1.99. The second-order valence-electron chi connectivity index (χ2n) is 7.93. The summed E-state index contributed by atoms with van der Waals surface area (Å²) in [6.07, 6.45) is 2.54. The van der Waals surface area contributed by atoms with Gasteiger partial charge in [0.15, 0.2) is 0 Å². The van der Waals surface area contributed by atoms with E-state index in [1.807, 2.05) is 0 Å². The molecule has 4 nitrogen and oxygen atoms in total. The van der Waals surface area contributed by atoms with Crippen molar-refractivity contribution in [1.82, 2.24) is 10.2 Å². The van der Waals surface area contributed by atoms with E-state index in [0.29, 0.717) is 17.4 Å². The Morgan fingerprint density at radius 2 is 2.00 bits per heavy atom. The number of ether oxygens (including phenoxy) is 1. The number of hydrogen-bond acceptors (Lipinski definition) is 4. The zero-order chi connectivity index (χ0) is 15.0. The lowest BCUT2D eigenvalue weighted by Gasteiger charge is -2.44. The van der Waals surface area contributed by atoms with Gasteiger partial charge in [-0.05, 0) is 45.1 Å². The minimum atomic E-state index is -0.158. The number of morpholine rings is 1. The maximum Gasteiger partial charge on any atom is 0.0940 e. The van der Waals surface area contributed by atoms with Gasteiger partial charge in [0.25, 0.3) is 0 Å². The summed E-state index contributed by atoms with van der Waals surface area (Å²) in [5.74, 6) is 0.697. The summed E-state index contributed by atoms with van der Waals surface area (Å²) in [7, 11) is 2.09. The first-order valence-corrected chi connectivity index (χ1v) is 7.96. The van der Waals surface area contributed by atoms with E-state index in [9.17, 15) is 5.11 Å². The van der Waals surface area contributed by atoms with Crippen molar-refractivity contribution in [3.63, 3.8) is 0 Å². The highest BCUT2D eigenvalue weighted by Crippen LogP contribution is 2.41. The number of aliphatic hydroxyl groups excluding tert-OH is 1. The molecule has 2 fully saturated rings. The van der Waals surface area contributed by atoms with Crippen LogP contribution in [0, 0.1) is 11.3 Å².